The normalized spacial score (nSPS) is 10.4. The second-order valence-corrected chi connectivity index (χ2v) is 4.76. The summed E-state index contributed by atoms with van der Waals surface area (Å²) in [6.45, 7) is 4.01. The summed E-state index contributed by atoms with van der Waals surface area (Å²) in [5.74, 6) is 1.57. The summed E-state index contributed by atoms with van der Waals surface area (Å²) in [7, 11) is 0. The maximum Gasteiger partial charge on any atom is 0.219 e. The lowest BCUT2D eigenvalue weighted by Gasteiger charge is -2.10. The van der Waals surface area contributed by atoms with Crippen molar-refractivity contribution in [3.05, 3.63) is 52.2 Å². The van der Waals surface area contributed by atoms with Gasteiger partial charge in [-0.05, 0) is 37.1 Å². The molecule has 2 rings (SSSR count). The van der Waals surface area contributed by atoms with Gasteiger partial charge >= 0.3 is 0 Å². The van der Waals surface area contributed by atoms with Gasteiger partial charge in [0.15, 0.2) is 0 Å². The fourth-order valence-corrected chi connectivity index (χ4v) is 1.99. The minimum Gasteiger partial charge on any atom is -0.439 e. The van der Waals surface area contributed by atoms with E-state index in [9.17, 15) is 0 Å². The van der Waals surface area contributed by atoms with Gasteiger partial charge in [-0.1, -0.05) is 23.7 Å². The zero-order valence-electron chi connectivity index (χ0n) is 10.2. The van der Waals surface area contributed by atoms with Crippen LogP contribution in [0.1, 0.15) is 16.8 Å². The molecule has 1 aromatic heterocycles. The fraction of sp³-hybridized carbons (Fsp3) is 0.214. The molecule has 0 bridgehead atoms. The lowest BCUT2D eigenvalue weighted by atomic mass is 10.1. The Hall–Kier alpha value is -1.25. The zero-order chi connectivity index (χ0) is 13.1. The molecule has 94 valence electrons. The van der Waals surface area contributed by atoms with Gasteiger partial charge < -0.3 is 4.74 Å². The molecule has 0 unspecified atom stereocenters. The Morgan fingerprint density at radius 1 is 1.17 bits per heavy atom. The quantitative estimate of drug-likeness (QED) is 0.748. The van der Waals surface area contributed by atoms with E-state index < -0.39 is 0 Å². The van der Waals surface area contributed by atoms with Crippen LogP contribution in [-0.4, -0.2) is 4.98 Å². The molecular formula is C14H13Cl2NO. The smallest absolute Gasteiger partial charge is 0.219 e. The van der Waals surface area contributed by atoms with Crippen LogP contribution in [0.5, 0.6) is 11.6 Å². The van der Waals surface area contributed by atoms with E-state index in [-0.39, 0.29) is 5.88 Å². The standard InChI is InChI=1S/C14H13Cl2NO/c1-9-3-4-10(2)13(7-9)18-14-6-5-11(16)12(8-15)17-14/h3-7H,8H2,1-2H3. The number of aryl methyl sites for hydroxylation is 2. The van der Waals surface area contributed by atoms with Crippen molar-refractivity contribution >= 4 is 23.2 Å². The molecule has 0 aliphatic rings. The molecule has 1 heterocycles. The molecule has 0 saturated carbocycles. The molecule has 0 N–H and O–H groups in total. The molecule has 0 fully saturated rings. The fourth-order valence-electron chi connectivity index (χ4n) is 1.54. The molecule has 2 aromatic rings. The van der Waals surface area contributed by atoms with Crippen LogP contribution < -0.4 is 4.74 Å². The first-order chi connectivity index (χ1) is 8.60. The van der Waals surface area contributed by atoms with Crippen LogP contribution in [0.25, 0.3) is 0 Å². The number of ether oxygens (including phenoxy) is 1. The first kappa shape index (κ1) is 13.2. The van der Waals surface area contributed by atoms with E-state index in [1.54, 1.807) is 12.1 Å². The van der Waals surface area contributed by atoms with Gasteiger partial charge in [0, 0.05) is 6.07 Å². The Labute approximate surface area is 117 Å². The van der Waals surface area contributed by atoms with Gasteiger partial charge in [0.25, 0.3) is 0 Å². The number of hydrogen-bond acceptors (Lipinski definition) is 2. The van der Waals surface area contributed by atoms with Crippen molar-refractivity contribution in [1.29, 1.82) is 0 Å². The van der Waals surface area contributed by atoms with Crippen molar-refractivity contribution in [3.63, 3.8) is 0 Å². The second-order valence-electron chi connectivity index (χ2n) is 4.08. The third-order valence-corrected chi connectivity index (χ3v) is 3.18. The topological polar surface area (TPSA) is 22.1 Å². The summed E-state index contributed by atoms with van der Waals surface area (Å²) in [4.78, 5) is 4.27. The Bertz CT molecular complexity index is 570. The highest BCUT2D eigenvalue weighted by molar-refractivity contribution is 6.32. The molecule has 0 atom stereocenters. The molecule has 0 radical (unpaired) electrons. The second kappa shape index (κ2) is 5.59. The molecule has 0 spiro atoms. The lowest BCUT2D eigenvalue weighted by molar-refractivity contribution is 0.457. The maximum absolute atomic E-state index is 5.95. The number of hydrogen-bond donors (Lipinski definition) is 0. The van der Waals surface area contributed by atoms with E-state index in [4.69, 9.17) is 27.9 Å². The largest absolute Gasteiger partial charge is 0.439 e. The highest BCUT2D eigenvalue weighted by Gasteiger charge is 2.06. The number of benzene rings is 1. The third-order valence-electron chi connectivity index (χ3n) is 2.58. The molecular weight excluding hydrogens is 269 g/mol. The van der Waals surface area contributed by atoms with E-state index >= 15 is 0 Å². The van der Waals surface area contributed by atoms with Crippen molar-refractivity contribution < 1.29 is 4.74 Å². The number of rotatable bonds is 3. The van der Waals surface area contributed by atoms with Gasteiger partial charge in [0.1, 0.15) is 5.75 Å². The predicted octanol–water partition coefficient (Wildman–Crippen LogP) is 4.88. The first-order valence-corrected chi connectivity index (χ1v) is 6.48. The number of aromatic nitrogens is 1. The maximum atomic E-state index is 5.95. The van der Waals surface area contributed by atoms with Crippen molar-refractivity contribution in [2.45, 2.75) is 19.7 Å². The van der Waals surface area contributed by atoms with E-state index in [2.05, 4.69) is 4.98 Å². The Morgan fingerprint density at radius 2 is 1.94 bits per heavy atom. The molecule has 0 saturated heterocycles. The highest BCUT2D eigenvalue weighted by atomic mass is 35.5. The monoisotopic (exact) mass is 281 g/mol. The number of pyridine rings is 1. The average Bonchev–Trinajstić information content (AvgIpc) is 2.36. The average molecular weight is 282 g/mol. The van der Waals surface area contributed by atoms with Crippen molar-refractivity contribution in [2.75, 3.05) is 0 Å². The molecule has 18 heavy (non-hydrogen) atoms. The van der Waals surface area contributed by atoms with E-state index in [1.165, 1.54) is 0 Å². The Morgan fingerprint density at radius 3 is 2.67 bits per heavy atom. The zero-order valence-corrected chi connectivity index (χ0v) is 11.7. The van der Waals surface area contributed by atoms with Gasteiger partial charge in [0.2, 0.25) is 5.88 Å². The summed E-state index contributed by atoms with van der Waals surface area (Å²) < 4.78 is 5.76. The molecule has 0 aliphatic carbocycles. The van der Waals surface area contributed by atoms with Gasteiger partial charge in [-0.3, -0.25) is 0 Å². The van der Waals surface area contributed by atoms with Crippen molar-refractivity contribution in [3.8, 4) is 11.6 Å². The van der Waals surface area contributed by atoms with E-state index in [0.717, 1.165) is 16.9 Å². The van der Waals surface area contributed by atoms with Crippen LogP contribution in [0.3, 0.4) is 0 Å². The van der Waals surface area contributed by atoms with Gasteiger partial charge in [-0.15, -0.1) is 11.6 Å². The number of halogens is 2. The lowest BCUT2D eigenvalue weighted by Crippen LogP contribution is -1.94. The number of nitrogens with zero attached hydrogens (tertiary/aromatic N) is 1. The summed E-state index contributed by atoms with van der Waals surface area (Å²) in [6, 6.07) is 9.52. The summed E-state index contributed by atoms with van der Waals surface area (Å²) in [6.07, 6.45) is 0. The van der Waals surface area contributed by atoms with Gasteiger partial charge in [-0.2, -0.15) is 0 Å². The van der Waals surface area contributed by atoms with Crippen LogP contribution >= 0.6 is 23.2 Å². The molecule has 4 heteroatoms. The van der Waals surface area contributed by atoms with Crippen molar-refractivity contribution in [1.82, 2.24) is 4.98 Å². The summed E-state index contributed by atoms with van der Waals surface area (Å²) in [5.41, 5.74) is 2.83. The van der Waals surface area contributed by atoms with Crippen LogP contribution in [0.4, 0.5) is 0 Å². The number of alkyl halides is 1. The minimum atomic E-state index is 0.267. The van der Waals surface area contributed by atoms with E-state index in [1.807, 2.05) is 32.0 Å². The van der Waals surface area contributed by atoms with Crippen LogP contribution in [0, 0.1) is 13.8 Å². The molecule has 1 aromatic carbocycles. The SMILES string of the molecule is Cc1ccc(C)c(Oc2ccc(Cl)c(CCl)n2)c1. The van der Waals surface area contributed by atoms with Crippen molar-refractivity contribution in [2.24, 2.45) is 0 Å². The highest BCUT2D eigenvalue weighted by Crippen LogP contribution is 2.27. The molecule has 0 amide bonds. The third kappa shape index (κ3) is 2.95. The van der Waals surface area contributed by atoms with Gasteiger partial charge in [-0.25, -0.2) is 4.98 Å². The van der Waals surface area contributed by atoms with E-state index in [0.29, 0.717) is 16.6 Å². The van der Waals surface area contributed by atoms with Gasteiger partial charge in [0.05, 0.1) is 16.6 Å². The summed E-state index contributed by atoms with van der Waals surface area (Å²) >= 11 is 11.7. The van der Waals surface area contributed by atoms with Crippen LogP contribution in [0.2, 0.25) is 5.02 Å². The predicted molar refractivity (Wildman–Crippen MR) is 74.8 cm³/mol. The molecule has 0 aliphatic heterocycles. The Kier molecular flexibility index (Phi) is 4.10. The minimum absolute atomic E-state index is 0.267. The molecule has 2 nitrogen and oxygen atoms in total. The Balaban J connectivity index is 2.31. The van der Waals surface area contributed by atoms with Crippen LogP contribution in [-0.2, 0) is 5.88 Å². The first-order valence-electron chi connectivity index (χ1n) is 5.56. The summed E-state index contributed by atoms with van der Waals surface area (Å²) in [5, 5.41) is 0.554. The van der Waals surface area contributed by atoms with Crippen LogP contribution in [0.15, 0.2) is 30.3 Å².